The van der Waals surface area contributed by atoms with E-state index < -0.39 is 0 Å². The van der Waals surface area contributed by atoms with Crippen LogP contribution in [0.15, 0.2) is 35.3 Å². The summed E-state index contributed by atoms with van der Waals surface area (Å²) in [5.41, 5.74) is 1.09. The van der Waals surface area contributed by atoms with E-state index >= 15 is 0 Å². The third kappa shape index (κ3) is 2.62. The number of benzene rings is 1. The van der Waals surface area contributed by atoms with E-state index in [1.165, 1.54) is 11.9 Å². The van der Waals surface area contributed by atoms with E-state index in [4.69, 9.17) is 0 Å². The van der Waals surface area contributed by atoms with Crippen LogP contribution in [-0.4, -0.2) is 11.1 Å². The first-order valence-electron chi connectivity index (χ1n) is 5.14. The van der Waals surface area contributed by atoms with Crippen LogP contribution in [0.2, 0.25) is 0 Å². The Morgan fingerprint density at radius 3 is 2.94 bits per heavy atom. The van der Waals surface area contributed by atoms with E-state index in [1.54, 1.807) is 0 Å². The average Bonchev–Trinajstić information content (AvgIpc) is 2.78. The molecular formula is C11H13N3OS. The van der Waals surface area contributed by atoms with Crippen molar-refractivity contribution in [2.75, 3.05) is 0 Å². The molecule has 1 heterocycles. The number of nitrogens with one attached hydrogen (secondary N) is 2. The van der Waals surface area contributed by atoms with Gasteiger partial charge < -0.3 is 5.32 Å². The Hall–Kier alpha value is -1.33. The first kappa shape index (κ1) is 11.2. The fraction of sp³-hybridized carbons (Fsp3) is 0.273. The molecule has 84 valence electrons. The molecule has 2 N–H and O–H groups in total. The van der Waals surface area contributed by atoms with Crippen molar-refractivity contribution in [1.29, 1.82) is 0 Å². The molecule has 0 saturated carbocycles. The summed E-state index contributed by atoms with van der Waals surface area (Å²) in [6, 6.07) is 9.92. The van der Waals surface area contributed by atoms with E-state index in [-0.39, 0.29) is 12.1 Å². The first-order chi connectivity index (χ1) is 7.79. The van der Waals surface area contributed by atoms with Crippen LogP contribution < -0.4 is 10.0 Å². The highest BCUT2D eigenvalue weighted by atomic mass is 32.2. The molecule has 0 radical (unpaired) electrons. The van der Waals surface area contributed by atoms with Crippen LogP contribution in [0.1, 0.15) is 25.1 Å². The van der Waals surface area contributed by atoms with Crippen LogP contribution in [0.5, 0.6) is 0 Å². The number of rotatable bonds is 2. The number of aliphatic imine (C=N–C) groups is 1. The number of carbonyl (C=O) groups is 1. The molecule has 1 amide bonds. The van der Waals surface area contributed by atoms with Crippen molar-refractivity contribution in [3.05, 3.63) is 35.9 Å². The minimum absolute atomic E-state index is 0.0123. The van der Waals surface area contributed by atoms with Gasteiger partial charge in [-0.2, -0.15) is 0 Å². The highest BCUT2D eigenvalue weighted by Crippen LogP contribution is 2.23. The van der Waals surface area contributed by atoms with Gasteiger partial charge in [0.2, 0.25) is 5.91 Å². The molecule has 0 aliphatic carbocycles. The fourth-order valence-electron chi connectivity index (χ4n) is 1.32. The maximum Gasteiger partial charge on any atom is 0.225 e. The Balaban J connectivity index is 2.03. The minimum atomic E-state index is -0.0710. The lowest BCUT2D eigenvalue weighted by atomic mass is 10.2. The largest absolute Gasteiger partial charge is 0.304 e. The van der Waals surface area contributed by atoms with E-state index in [0.29, 0.717) is 11.6 Å². The monoisotopic (exact) mass is 235 g/mol. The van der Waals surface area contributed by atoms with Crippen molar-refractivity contribution >= 4 is 23.0 Å². The summed E-state index contributed by atoms with van der Waals surface area (Å²) in [4.78, 5) is 15.6. The van der Waals surface area contributed by atoms with Gasteiger partial charge in [-0.05, 0) is 17.5 Å². The second kappa shape index (κ2) is 5.14. The predicted molar refractivity (Wildman–Crippen MR) is 65.8 cm³/mol. The Kier molecular flexibility index (Phi) is 3.58. The van der Waals surface area contributed by atoms with Gasteiger partial charge in [-0.25, -0.2) is 9.71 Å². The van der Waals surface area contributed by atoms with Crippen molar-refractivity contribution in [2.24, 2.45) is 4.99 Å². The van der Waals surface area contributed by atoms with Crippen LogP contribution in [0.25, 0.3) is 0 Å². The minimum Gasteiger partial charge on any atom is -0.304 e. The second-order valence-corrected chi connectivity index (χ2v) is 4.20. The molecule has 1 unspecified atom stereocenters. The number of amides is 1. The quantitative estimate of drug-likeness (QED) is 0.769. The fourth-order valence-corrected chi connectivity index (χ4v) is 2.06. The summed E-state index contributed by atoms with van der Waals surface area (Å²) in [7, 11) is 0. The zero-order valence-corrected chi connectivity index (χ0v) is 9.75. The molecule has 5 heteroatoms. The van der Waals surface area contributed by atoms with Gasteiger partial charge in [0.15, 0.2) is 5.17 Å². The van der Waals surface area contributed by atoms with Crippen LogP contribution in [0.4, 0.5) is 0 Å². The van der Waals surface area contributed by atoms with E-state index in [9.17, 15) is 4.79 Å². The van der Waals surface area contributed by atoms with Crippen molar-refractivity contribution in [2.45, 2.75) is 19.5 Å². The van der Waals surface area contributed by atoms with Crippen molar-refractivity contribution in [1.82, 2.24) is 10.0 Å². The molecule has 1 aliphatic rings. The van der Waals surface area contributed by atoms with Crippen molar-refractivity contribution in [3.8, 4) is 0 Å². The number of amidine groups is 1. The second-order valence-electron chi connectivity index (χ2n) is 3.37. The number of carbonyl (C=O) groups excluding carboxylic acids is 1. The molecule has 0 saturated heterocycles. The zero-order chi connectivity index (χ0) is 11.4. The van der Waals surface area contributed by atoms with Crippen LogP contribution >= 0.6 is 11.9 Å². The Labute approximate surface area is 98.7 Å². The molecule has 2 rings (SSSR count). The Bertz CT molecular complexity index is 405. The molecule has 0 spiro atoms. The van der Waals surface area contributed by atoms with Gasteiger partial charge in [-0.1, -0.05) is 37.3 Å². The maximum absolute atomic E-state index is 11.2. The van der Waals surface area contributed by atoms with Crippen LogP contribution in [0.3, 0.4) is 0 Å². The summed E-state index contributed by atoms with van der Waals surface area (Å²) in [6.45, 7) is 1.82. The van der Waals surface area contributed by atoms with Gasteiger partial charge >= 0.3 is 0 Å². The summed E-state index contributed by atoms with van der Waals surface area (Å²) < 4.78 is 3.15. The topological polar surface area (TPSA) is 53.5 Å². The third-order valence-corrected chi connectivity index (χ3v) is 2.94. The third-order valence-electron chi connectivity index (χ3n) is 2.20. The molecular weight excluding hydrogens is 222 g/mol. The molecule has 4 nitrogen and oxygen atoms in total. The number of nitrogens with zero attached hydrogens (tertiary/aromatic N) is 1. The molecule has 1 aromatic rings. The zero-order valence-electron chi connectivity index (χ0n) is 8.93. The molecule has 1 aliphatic heterocycles. The average molecular weight is 235 g/mol. The van der Waals surface area contributed by atoms with Gasteiger partial charge in [0.1, 0.15) is 6.17 Å². The van der Waals surface area contributed by atoms with Gasteiger partial charge in [-0.3, -0.25) is 4.79 Å². The summed E-state index contributed by atoms with van der Waals surface area (Å²) in [5, 5.41) is 3.38. The van der Waals surface area contributed by atoms with Crippen LogP contribution in [0, 0.1) is 0 Å². The normalized spacial score (nSPS) is 19.3. The molecule has 0 bridgehead atoms. The Morgan fingerprint density at radius 1 is 1.50 bits per heavy atom. The molecule has 16 heavy (non-hydrogen) atoms. The summed E-state index contributed by atoms with van der Waals surface area (Å²) >= 11 is 1.36. The van der Waals surface area contributed by atoms with Gasteiger partial charge in [0.05, 0.1) is 0 Å². The van der Waals surface area contributed by atoms with E-state index in [1.807, 2.05) is 37.3 Å². The van der Waals surface area contributed by atoms with Gasteiger partial charge in [0, 0.05) is 6.42 Å². The SMILES string of the molecule is CCC(=O)NC1=NC(c2ccccc2)NS1. The maximum atomic E-state index is 11.2. The van der Waals surface area contributed by atoms with Gasteiger partial charge in [0.25, 0.3) is 0 Å². The van der Waals surface area contributed by atoms with Gasteiger partial charge in [-0.15, -0.1) is 0 Å². The first-order valence-corrected chi connectivity index (χ1v) is 5.96. The smallest absolute Gasteiger partial charge is 0.225 e. The summed E-state index contributed by atoms with van der Waals surface area (Å²) in [6.07, 6.45) is 0.397. The number of hydrogen-bond donors (Lipinski definition) is 2. The predicted octanol–water partition coefficient (Wildman–Crippen LogP) is 1.82. The summed E-state index contributed by atoms with van der Waals surface area (Å²) in [5.74, 6) is -0.0123. The van der Waals surface area contributed by atoms with E-state index in [2.05, 4.69) is 15.0 Å². The molecule has 0 fully saturated rings. The van der Waals surface area contributed by atoms with Crippen molar-refractivity contribution in [3.63, 3.8) is 0 Å². The lowest BCUT2D eigenvalue weighted by Gasteiger charge is -2.05. The Morgan fingerprint density at radius 2 is 2.25 bits per heavy atom. The lowest BCUT2D eigenvalue weighted by Crippen LogP contribution is -2.26. The molecule has 0 aromatic heterocycles. The van der Waals surface area contributed by atoms with Crippen LogP contribution in [-0.2, 0) is 4.79 Å². The lowest BCUT2D eigenvalue weighted by molar-refractivity contribution is -0.119. The van der Waals surface area contributed by atoms with E-state index in [0.717, 1.165) is 5.56 Å². The molecule has 1 atom stereocenters. The molecule has 1 aromatic carbocycles. The number of hydrogen-bond acceptors (Lipinski definition) is 4. The standard InChI is InChI=1S/C11H13N3OS/c1-2-9(15)12-11-13-10(14-16-11)8-6-4-3-5-7-8/h3-7,10,14H,2H2,1H3,(H,12,13,15). The van der Waals surface area contributed by atoms with Crippen molar-refractivity contribution < 1.29 is 4.79 Å². The highest BCUT2D eigenvalue weighted by Gasteiger charge is 2.19. The highest BCUT2D eigenvalue weighted by molar-refractivity contribution is 8.12.